The third-order valence-corrected chi connectivity index (χ3v) is 2.63. The van der Waals surface area contributed by atoms with Crippen molar-refractivity contribution < 1.29 is 9.90 Å². The summed E-state index contributed by atoms with van der Waals surface area (Å²) in [4.78, 5) is 18.9. The number of aliphatic imine (C=N–C) groups is 1. The van der Waals surface area contributed by atoms with E-state index in [2.05, 4.69) is 23.3 Å². The fraction of sp³-hybridized carbons (Fsp3) is 0. The van der Waals surface area contributed by atoms with Crippen LogP contribution in [0.15, 0.2) is 29.8 Å². The van der Waals surface area contributed by atoms with Gasteiger partial charge in [0.15, 0.2) is 5.82 Å². The fourth-order valence-corrected chi connectivity index (χ4v) is 1.80. The van der Waals surface area contributed by atoms with E-state index >= 15 is 0 Å². The lowest BCUT2D eigenvalue weighted by atomic mass is 10.0. The zero-order valence-corrected chi connectivity index (χ0v) is 9.55. The summed E-state index contributed by atoms with van der Waals surface area (Å²) < 4.78 is 0. The van der Waals surface area contributed by atoms with Crippen LogP contribution in [0.25, 0.3) is 17.0 Å². The number of anilines is 1. The summed E-state index contributed by atoms with van der Waals surface area (Å²) >= 11 is 0. The van der Waals surface area contributed by atoms with Crippen LogP contribution in [0.3, 0.4) is 0 Å². The highest BCUT2D eigenvalue weighted by atomic mass is 16.4. The highest BCUT2D eigenvalue weighted by molar-refractivity contribution is 6.00. The lowest BCUT2D eigenvalue weighted by Crippen LogP contribution is -1.99. The Hall–Kier alpha value is -2.69. The van der Waals surface area contributed by atoms with Crippen molar-refractivity contribution >= 4 is 41.2 Å². The zero-order valence-electron chi connectivity index (χ0n) is 9.55. The number of hydrogen-bond donors (Lipinski definition) is 2. The third kappa shape index (κ3) is 1.71. The van der Waals surface area contributed by atoms with E-state index in [0.29, 0.717) is 22.2 Å². The van der Waals surface area contributed by atoms with E-state index in [1.807, 2.05) is 0 Å². The summed E-state index contributed by atoms with van der Waals surface area (Å²) in [5.74, 6) is -0.757. The molecule has 18 heavy (non-hydrogen) atoms. The number of nitrogens with two attached hydrogens (primary N) is 1. The van der Waals surface area contributed by atoms with Crippen molar-refractivity contribution in [3.05, 3.63) is 35.9 Å². The van der Waals surface area contributed by atoms with E-state index < -0.39 is 5.97 Å². The predicted octanol–water partition coefficient (Wildman–Crippen LogP) is 2.49. The SMILES string of the molecule is C=Cc1c(N=C)c(N)nc2ccc(C(=O)O)cc12. The average molecular weight is 241 g/mol. The van der Waals surface area contributed by atoms with Gasteiger partial charge in [0.25, 0.3) is 0 Å². The monoisotopic (exact) mass is 241 g/mol. The summed E-state index contributed by atoms with van der Waals surface area (Å²) in [5, 5.41) is 9.62. The number of nitrogen functional groups attached to an aromatic ring is 1. The fourth-order valence-electron chi connectivity index (χ4n) is 1.80. The summed E-state index contributed by atoms with van der Waals surface area (Å²) in [5.41, 5.74) is 7.58. The van der Waals surface area contributed by atoms with Crippen molar-refractivity contribution in [3.63, 3.8) is 0 Å². The first-order valence-electron chi connectivity index (χ1n) is 5.14. The Morgan fingerprint density at radius 1 is 1.50 bits per heavy atom. The molecular formula is C13H11N3O2. The van der Waals surface area contributed by atoms with Crippen molar-refractivity contribution in [1.82, 2.24) is 4.98 Å². The number of aromatic carboxylic acids is 1. The summed E-state index contributed by atoms with van der Waals surface area (Å²) in [6.45, 7) is 7.12. The molecule has 5 nitrogen and oxygen atoms in total. The molecule has 1 aromatic heterocycles. The van der Waals surface area contributed by atoms with E-state index in [-0.39, 0.29) is 11.4 Å². The maximum absolute atomic E-state index is 11.0. The largest absolute Gasteiger partial charge is 0.478 e. The molecule has 0 aliphatic heterocycles. The van der Waals surface area contributed by atoms with Crippen LogP contribution in [0, 0.1) is 0 Å². The molecule has 0 aliphatic rings. The molecule has 1 heterocycles. The number of rotatable bonds is 3. The molecule has 0 radical (unpaired) electrons. The first kappa shape index (κ1) is 11.8. The van der Waals surface area contributed by atoms with E-state index in [1.54, 1.807) is 12.1 Å². The van der Waals surface area contributed by atoms with Crippen LogP contribution in [0.4, 0.5) is 11.5 Å². The van der Waals surface area contributed by atoms with Gasteiger partial charge in [-0.05, 0) is 24.9 Å². The minimum absolute atomic E-state index is 0.173. The Morgan fingerprint density at radius 2 is 2.22 bits per heavy atom. The Balaban J connectivity index is 2.91. The lowest BCUT2D eigenvalue weighted by molar-refractivity contribution is 0.0697. The van der Waals surface area contributed by atoms with Gasteiger partial charge >= 0.3 is 5.97 Å². The molecule has 0 spiro atoms. The Labute approximate surface area is 103 Å². The van der Waals surface area contributed by atoms with E-state index in [9.17, 15) is 4.79 Å². The van der Waals surface area contributed by atoms with E-state index in [1.165, 1.54) is 12.1 Å². The molecule has 3 N–H and O–H groups in total. The highest BCUT2D eigenvalue weighted by Crippen LogP contribution is 2.32. The van der Waals surface area contributed by atoms with Crippen LogP contribution >= 0.6 is 0 Å². The molecular weight excluding hydrogens is 230 g/mol. The molecule has 0 saturated heterocycles. The molecule has 0 atom stereocenters. The number of benzene rings is 1. The second kappa shape index (κ2) is 4.29. The van der Waals surface area contributed by atoms with E-state index in [4.69, 9.17) is 10.8 Å². The summed E-state index contributed by atoms with van der Waals surface area (Å²) in [6, 6.07) is 4.61. The van der Waals surface area contributed by atoms with Crippen molar-refractivity contribution in [2.45, 2.75) is 0 Å². The lowest BCUT2D eigenvalue weighted by Gasteiger charge is -2.09. The average Bonchev–Trinajstić information content (AvgIpc) is 2.36. The normalized spacial score (nSPS) is 10.2. The Morgan fingerprint density at radius 3 is 2.78 bits per heavy atom. The molecule has 5 heteroatoms. The van der Waals surface area contributed by atoms with Crippen LogP contribution in [-0.4, -0.2) is 22.8 Å². The number of nitrogens with zero attached hydrogens (tertiary/aromatic N) is 2. The maximum atomic E-state index is 11.0. The number of hydrogen-bond acceptors (Lipinski definition) is 4. The van der Waals surface area contributed by atoms with Gasteiger partial charge in [0.2, 0.25) is 0 Å². The number of carbonyl (C=O) groups is 1. The van der Waals surface area contributed by atoms with Crippen molar-refractivity contribution in [2.24, 2.45) is 4.99 Å². The van der Waals surface area contributed by atoms with Crippen molar-refractivity contribution in [1.29, 1.82) is 0 Å². The Kier molecular flexibility index (Phi) is 2.81. The molecule has 0 unspecified atom stereocenters. The zero-order chi connectivity index (χ0) is 13.3. The minimum Gasteiger partial charge on any atom is -0.478 e. The third-order valence-electron chi connectivity index (χ3n) is 2.63. The van der Waals surface area contributed by atoms with Crippen LogP contribution in [0.2, 0.25) is 0 Å². The van der Waals surface area contributed by atoms with Crippen LogP contribution in [0.1, 0.15) is 15.9 Å². The van der Waals surface area contributed by atoms with Gasteiger partial charge in [-0.3, -0.25) is 4.99 Å². The first-order chi connectivity index (χ1) is 8.58. The molecule has 0 bridgehead atoms. The molecule has 0 saturated carbocycles. The van der Waals surface area contributed by atoms with Crippen LogP contribution < -0.4 is 5.73 Å². The van der Waals surface area contributed by atoms with Gasteiger partial charge in [0.1, 0.15) is 5.69 Å². The molecule has 0 fully saturated rings. The number of carboxylic acid groups (broad SMARTS) is 1. The molecule has 90 valence electrons. The van der Waals surface area contributed by atoms with Gasteiger partial charge < -0.3 is 10.8 Å². The van der Waals surface area contributed by atoms with Crippen molar-refractivity contribution in [3.8, 4) is 0 Å². The highest BCUT2D eigenvalue weighted by Gasteiger charge is 2.12. The maximum Gasteiger partial charge on any atom is 0.335 e. The minimum atomic E-state index is -1.00. The number of pyridine rings is 1. The predicted molar refractivity (Wildman–Crippen MR) is 72.4 cm³/mol. The van der Waals surface area contributed by atoms with E-state index in [0.717, 1.165) is 0 Å². The molecule has 1 aromatic carbocycles. The van der Waals surface area contributed by atoms with Gasteiger partial charge in [-0.15, -0.1) is 0 Å². The topological polar surface area (TPSA) is 88.6 Å². The smallest absolute Gasteiger partial charge is 0.335 e. The molecule has 0 aliphatic carbocycles. The summed E-state index contributed by atoms with van der Waals surface area (Å²) in [7, 11) is 0. The second-order valence-corrected chi connectivity index (χ2v) is 3.66. The van der Waals surface area contributed by atoms with Gasteiger partial charge in [-0.2, -0.15) is 0 Å². The quantitative estimate of drug-likeness (QED) is 0.808. The standard InChI is InChI=1S/C13H11N3O2/c1-3-8-9-6-7(13(17)18)4-5-10(9)16-12(14)11(8)15-2/h3-6H,1-2H2,(H2,14,16)(H,17,18). The van der Waals surface area contributed by atoms with Gasteiger partial charge in [-0.1, -0.05) is 12.7 Å². The van der Waals surface area contributed by atoms with Crippen molar-refractivity contribution in [2.75, 3.05) is 5.73 Å². The number of carboxylic acids is 1. The van der Waals surface area contributed by atoms with Gasteiger partial charge in [0, 0.05) is 10.9 Å². The molecule has 0 amide bonds. The van der Waals surface area contributed by atoms with Gasteiger partial charge in [-0.25, -0.2) is 9.78 Å². The number of aromatic nitrogens is 1. The second-order valence-electron chi connectivity index (χ2n) is 3.66. The van der Waals surface area contributed by atoms with Crippen LogP contribution in [0.5, 0.6) is 0 Å². The van der Waals surface area contributed by atoms with Gasteiger partial charge in [0.05, 0.1) is 11.1 Å². The molecule has 2 rings (SSSR count). The van der Waals surface area contributed by atoms with Crippen LogP contribution in [-0.2, 0) is 0 Å². The summed E-state index contributed by atoms with van der Waals surface area (Å²) in [6.07, 6.45) is 1.57. The number of fused-ring (bicyclic) bond motifs is 1. The Bertz CT molecular complexity index is 677. The molecule has 2 aromatic rings. The first-order valence-corrected chi connectivity index (χ1v) is 5.14.